The van der Waals surface area contributed by atoms with Crippen molar-refractivity contribution in [3.8, 4) is 22.6 Å². The Morgan fingerprint density at radius 3 is 2.32 bits per heavy atom. The number of benzene rings is 2. The Hall–Kier alpha value is -3.01. The number of furan rings is 1. The van der Waals surface area contributed by atoms with E-state index in [1.54, 1.807) is 0 Å². The van der Waals surface area contributed by atoms with E-state index in [-0.39, 0.29) is 31.6 Å². The van der Waals surface area contributed by atoms with Gasteiger partial charge in [-0.25, -0.2) is 0 Å². The second-order valence-corrected chi connectivity index (χ2v) is 7.22. The maximum absolute atomic E-state index is 10.0. The molecule has 0 amide bonds. The number of hydrogen-bond donors (Lipinski definition) is 1. The van der Waals surface area contributed by atoms with Gasteiger partial charge in [-0.2, -0.15) is 0 Å². The van der Waals surface area contributed by atoms with E-state index in [1.165, 1.54) is 25.5 Å². The van der Waals surface area contributed by atoms with E-state index in [1.807, 2.05) is 42.5 Å². The topological polar surface area (TPSA) is 63.3 Å². The summed E-state index contributed by atoms with van der Waals surface area (Å²) in [5.74, 6) is 0.780. The summed E-state index contributed by atoms with van der Waals surface area (Å²) in [7, 11) is 0. The minimum Gasteiger partial charge on any atom is -0.512 e. The molecule has 5 heteroatoms. The first-order chi connectivity index (χ1) is 14.3. The number of fused-ring (bicyclic) bond motifs is 1. The van der Waals surface area contributed by atoms with Crippen LogP contribution < -0.4 is 0 Å². The van der Waals surface area contributed by atoms with Crippen molar-refractivity contribution < 1.29 is 34.4 Å². The Labute approximate surface area is 196 Å². The molecule has 0 fully saturated rings. The van der Waals surface area contributed by atoms with E-state index in [0.717, 1.165) is 33.5 Å². The van der Waals surface area contributed by atoms with Gasteiger partial charge in [0.05, 0.1) is 5.76 Å². The number of hydrogen-bond acceptors (Lipinski definition) is 4. The van der Waals surface area contributed by atoms with Gasteiger partial charge in [0.25, 0.3) is 0 Å². The Kier molecular flexibility index (Phi) is 8.49. The zero-order chi connectivity index (χ0) is 21.7. The van der Waals surface area contributed by atoms with Crippen molar-refractivity contribution in [2.75, 3.05) is 0 Å². The van der Waals surface area contributed by atoms with Crippen molar-refractivity contribution in [1.29, 1.82) is 0 Å². The molecule has 0 aliphatic heterocycles. The van der Waals surface area contributed by atoms with E-state index in [2.05, 4.69) is 43.1 Å². The molecule has 0 aliphatic carbocycles. The van der Waals surface area contributed by atoms with Crippen molar-refractivity contribution in [2.24, 2.45) is 0 Å². The molecular formula is C26H24IrNO3-. The van der Waals surface area contributed by atoms with Crippen LogP contribution in [0.1, 0.15) is 25.0 Å². The second-order valence-electron chi connectivity index (χ2n) is 7.22. The summed E-state index contributed by atoms with van der Waals surface area (Å²) in [4.78, 5) is 14.7. The van der Waals surface area contributed by atoms with Crippen molar-refractivity contribution in [3.05, 3.63) is 89.7 Å². The first-order valence-corrected chi connectivity index (χ1v) is 9.66. The summed E-state index contributed by atoms with van der Waals surface area (Å²) in [5.41, 5.74) is 5.94. The largest absolute Gasteiger partial charge is 0.512 e. The minimum atomic E-state index is -0.125. The third-order valence-corrected chi connectivity index (χ3v) is 4.28. The molecule has 1 radical (unpaired) electrons. The number of ketones is 1. The minimum absolute atomic E-state index is 0. The number of aliphatic hydroxyl groups is 1. The number of nitrogens with zero attached hydrogens (tertiary/aromatic N) is 1. The second kappa shape index (κ2) is 10.9. The van der Waals surface area contributed by atoms with E-state index in [9.17, 15) is 4.79 Å². The van der Waals surface area contributed by atoms with Crippen LogP contribution in [0.3, 0.4) is 0 Å². The van der Waals surface area contributed by atoms with Crippen molar-refractivity contribution in [2.45, 2.75) is 27.7 Å². The fraction of sp³-hybridized carbons (Fsp3) is 0.154. The van der Waals surface area contributed by atoms with Gasteiger partial charge >= 0.3 is 0 Å². The molecule has 2 aromatic carbocycles. The van der Waals surface area contributed by atoms with Gasteiger partial charge in [0.2, 0.25) is 5.71 Å². The molecule has 4 aromatic rings. The maximum atomic E-state index is 10.0. The Morgan fingerprint density at radius 1 is 1.03 bits per heavy atom. The molecule has 0 aliphatic rings. The summed E-state index contributed by atoms with van der Waals surface area (Å²) < 4.78 is 5.95. The van der Waals surface area contributed by atoms with E-state index in [4.69, 9.17) is 9.52 Å². The molecule has 2 heterocycles. The number of carbonyl (C=O) groups is 1. The molecule has 4 rings (SSSR count). The number of rotatable bonds is 3. The number of aromatic nitrogens is 1. The van der Waals surface area contributed by atoms with Gasteiger partial charge in [0.1, 0.15) is 5.76 Å². The summed E-state index contributed by atoms with van der Waals surface area (Å²) in [6.45, 7) is 6.99. The van der Waals surface area contributed by atoms with Crippen LogP contribution in [0.15, 0.2) is 76.9 Å². The average Bonchev–Trinajstić information content (AvgIpc) is 3.11. The number of aliphatic hydroxyl groups excluding tert-OH is 1. The molecule has 4 nitrogen and oxygen atoms in total. The van der Waals surface area contributed by atoms with E-state index >= 15 is 0 Å². The third-order valence-electron chi connectivity index (χ3n) is 4.28. The Balaban J connectivity index is 0.000000373. The number of allylic oxidation sites excluding steroid dienone is 2. The average molecular weight is 591 g/mol. The van der Waals surface area contributed by atoms with Gasteiger partial charge in [-0.05, 0) is 25.6 Å². The molecular weight excluding hydrogens is 567 g/mol. The fourth-order valence-electron chi connectivity index (χ4n) is 3.14. The molecule has 0 bridgehead atoms. The summed E-state index contributed by atoms with van der Waals surface area (Å²) in [6, 6.07) is 23.8. The molecule has 0 saturated heterocycles. The van der Waals surface area contributed by atoms with Crippen LogP contribution in [0, 0.1) is 19.9 Å². The SMILES string of the molecule is CC(=O)/C=C(/C)O.Cc1[c-]c(-c2ccc3cc(-c4ccccc4)oc3n2)cc(C)c1.[Ir]. The summed E-state index contributed by atoms with van der Waals surface area (Å²) in [5, 5.41) is 9.37. The zero-order valence-corrected chi connectivity index (χ0v) is 20.3. The van der Waals surface area contributed by atoms with Gasteiger partial charge in [0.15, 0.2) is 5.78 Å². The normalized spacial score (nSPS) is 10.8. The van der Waals surface area contributed by atoms with Gasteiger partial charge in [0, 0.05) is 37.1 Å². The van der Waals surface area contributed by atoms with Crippen LogP contribution in [0.2, 0.25) is 0 Å². The third kappa shape index (κ3) is 6.74. The molecule has 1 N–H and O–H groups in total. The fourth-order valence-corrected chi connectivity index (χ4v) is 3.14. The van der Waals surface area contributed by atoms with Crippen LogP contribution in [-0.2, 0) is 24.9 Å². The first kappa shape index (κ1) is 24.3. The van der Waals surface area contributed by atoms with Crippen LogP contribution in [0.4, 0.5) is 0 Å². The van der Waals surface area contributed by atoms with Crippen LogP contribution in [0.25, 0.3) is 33.7 Å². The molecule has 0 saturated carbocycles. The molecule has 0 spiro atoms. The van der Waals surface area contributed by atoms with Gasteiger partial charge in [-0.3, -0.25) is 9.78 Å². The smallest absolute Gasteiger partial charge is 0.217 e. The molecule has 2 aromatic heterocycles. The van der Waals surface area contributed by atoms with Crippen LogP contribution >= 0.6 is 0 Å². The Morgan fingerprint density at radius 2 is 1.74 bits per heavy atom. The van der Waals surface area contributed by atoms with Crippen LogP contribution in [0.5, 0.6) is 0 Å². The van der Waals surface area contributed by atoms with Crippen molar-refractivity contribution >= 4 is 16.9 Å². The standard InChI is InChI=1S/C21H16NO.C5H8O2.Ir/c1-14-10-15(2)12-18(11-14)19-9-8-17-13-20(23-21(17)22-19)16-6-4-3-5-7-16;1-4(6)3-5(2)7;/h3-11,13H,1-2H3;3,6H,1-2H3;/q-1;;/b;4-3-;. The maximum Gasteiger partial charge on any atom is 0.217 e. The summed E-state index contributed by atoms with van der Waals surface area (Å²) in [6.07, 6.45) is 1.17. The van der Waals surface area contributed by atoms with E-state index in [0.29, 0.717) is 5.71 Å². The number of pyridine rings is 1. The first-order valence-electron chi connectivity index (χ1n) is 9.66. The molecule has 0 unspecified atom stereocenters. The Bertz CT molecular complexity index is 1190. The van der Waals surface area contributed by atoms with E-state index < -0.39 is 0 Å². The molecule has 31 heavy (non-hydrogen) atoms. The predicted molar refractivity (Wildman–Crippen MR) is 120 cm³/mol. The van der Waals surface area contributed by atoms with Crippen molar-refractivity contribution in [3.63, 3.8) is 0 Å². The molecule has 0 atom stereocenters. The molecule has 161 valence electrons. The number of aryl methyl sites for hydroxylation is 2. The van der Waals surface area contributed by atoms with Crippen LogP contribution in [-0.4, -0.2) is 15.9 Å². The quantitative estimate of drug-likeness (QED) is 0.166. The van der Waals surface area contributed by atoms with Crippen molar-refractivity contribution in [1.82, 2.24) is 4.98 Å². The monoisotopic (exact) mass is 591 g/mol. The van der Waals surface area contributed by atoms with Gasteiger partial charge < -0.3 is 9.52 Å². The predicted octanol–water partition coefficient (Wildman–Crippen LogP) is 6.61. The zero-order valence-electron chi connectivity index (χ0n) is 17.9. The van der Waals surface area contributed by atoms with Gasteiger partial charge in [-0.1, -0.05) is 56.3 Å². The number of carbonyl (C=O) groups excluding carboxylic acids is 1. The van der Waals surface area contributed by atoms with Gasteiger partial charge in [-0.15, -0.1) is 34.9 Å². The summed E-state index contributed by atoms with van der Waals surface area (Å²) >= 11 is 0.